The van der Waals surface area contributed by atoms with Crippen LogP contribution in [0, 0.1) is 0 Å². The van der Waals surface area contributed by atoms with Gasteiger partial charge in [-0.2, -0.15) is 13.2 Å². The average Bonchev–Trinajstić information content (AvgIpc) is 2.93. The van der Waals surface area contributed by atoms with Crippen molar-refractivity contribution in [3.63, 3.8) is 0 Å². The zero-order valence-corrected chi connectivity index (χ0v) is 12.4. The molecule has 0 amide bonds. The summed E-state index contributed by atoms with van der Waals surface area (Å²) >= 11 is 0. The van der Waals surface area contributed by atoms with Crippen LogP contribution < -0.4 is 5.32 Å². The lowest BCUT2D eigenvalue weighted by Gasteiger charge is -2.30. The van der Waals surface area contributed by atoms with E-state index in [2.05, 4.69) is 20.3 Å². The molecule has 130 valence electrons. The number of aryl methyl sites for hydroxylation is 1. The number of halogens is 3. The summed E-state index contributed by atoms with van der Waals surface area (Å²) in [6, 6.07) is 0. The minimum absolute atomic E-state index is 0.0874. The summed E-state index contributed by atoms with van der Waals surface area (Å²) in [7, 11) is 1.35. The Morgan fingerprint density at radius 2 is 2.00 bits per heavy atom. The molecule has 0 aliphatic heterocycles. The number of aliphatic hydroxyl groups is 1. The van der Waals surface area contributed by atoms with Crippen LogP contribution in [-0.2, 0) is 12.6 Å². The second kappa shape index (κ2) is 6.43. The highest BCUT2D eigenvalue weighted by molar-refractivity contribution is 5.84. The first kappa shape index (κ1) is 17.7. The van der Waals surface area contributed by atoms with Gasteiger partial charge in [-0.15, -0.1) is 0 Å². The summed E-state index contributed by atoms with van der Waals surface area (Å²) in [5.41, 5.74) is -3.42. The number of aromatic carboxylic acids is 1. The molecule has 2 rings (SSSR count). The predicted octanol–water partition coefficient (Wildman–Crippen LogP) is 1.16. The smallest absolute Gasteiger partial charge is 0.424 e. The number of anilines is 1. The third-order valence-corrected chi connectivity index (χ3v) is 3.32. The third-order valence-electron chi connectivity index (χ3n) is 3.32. The number of carboxylic acids is 1. The van der Waals surface area contributed by atoms with Crippen LogP contribution >= 0.6 is 0 Å². The number of hydrogen-bond acceptors (Lipinski definition) is 6. The van der Waals surface area contributed by atoms with Gasteiger partial charge >= 0.3 is 12.1 Å². The van der Waals surface area contributed by atoms with Gasteiger partial charge in [0.25, 0.3) is 0 Å². The topological polar surface area (TPSA) is 113 Å². The highest BCUT2D eigenvalue weighted by atomic mass is 19.4. The van der Waals surface area contributed by atoms with Crippen molar-refractivity contribution in [2.24, 2.45) is 7.05 Å². The summed E-state index contributed by atoms with van der Waals surface area (Å²) in [6.45, 7) is -0.288. The second-order valence-corrected chi connectivity index (χ2v) is 4.99. The third kappa shape index (κ3) is 3.45. The van der Waals surface area contributed by atoms with Gasteiger partial charge in [-0.25, -0.2) is 19.7 Å². The van der Waals surface area contributed by atoms with Crippen LogP contribution in [0.15, 0.2) is 24.8 Å². The van der Waals surface area contributed by atoms with Crippen LogP contribution in [0.5, 0.6) is 0 Å². The summed E-state index contributed by atoms with van der Waals surface area (Å²) in [6.07, 6.45) is -1.13. The van der Waals surface area contributed by atoms with E-state index >= 15 is 0 Å². The minimum atomic E-state index is -4.92. The monoisotopic (exact) mass is 345 g/mol. The molecule has 1 unspecified atom stereocenters. The van der Waals surface area contributed by atoms with E-state index in [1.165, 1.54) is 13.2 Å². The Balaban J connectivity index is 2.09. The Labute approximate surface area is 134 Å². The molecular formula is C13H14F3N5O3. The van der Waals surface area contributed by atoms with E-state index in [-0.39, 0.29) is 18.1 Å². The number of hydrogen-bond donors (Lipinski definition) is 3. The van der Waals surface area contributed by atoms with E-state index in [9.17, 15) is 23.1 Å². The standard InChI is InChI=1S/C13H14F3N5O3/c1-21-5-4-18-11(21)12(24,13(14,15)16)2-3-17-9-7-19-8(6-20-9)10(22)23/h4-7,24H,2-3H2,1H3,(H,17,20)(H,22,23). The summed E-state index contributed by atoms with van der Waals surface area (Å²) in [5, 5.41) is 21.4. The molecule has 0 saturated carbocycles. The Bertz CT molecular complexity index is 716. The molecule has 24 heavy (non-hydrogen) atoms. The molecule has 0 spiro atoms. The van der Waals surface area contributed by atoms with Crippen LogP contribution in [0.1, 0.15) is 22.7 Å². The van der Waals surface area contributed by atoms with Gasteiger partial charge < -0.3 is 20.1 Å². The lowest BCUT2D eigenvalue weighted by Crippen LogP contribution is -2.45. The Morgan fingerprint density at radius 3 is 2.46 bits per heavy atom. The van der Waals surface area contributed by atoms with E-state index in [0.29, 0.717) is 0 Å². The number of rotatable bonds is 6. The number of nitrogens with zero attached hydrogens (tertiary/aromatic N) is 4. The van der Waals surface area contributed by atoms with Crippen molar-refractivity contribution in [2.45, 2.75) is 18.2 Å². The fraction of sp³-hybridized carbons (Fsp3) is 0.385. The molecule has 11 heteroatoms. The van der Waals surface area contributed by atoms with Crippen molar-refractivity contribution in [1.29, 1.82) is 0 Å². The van der Waals surface area contributed by atoms with Gasteiger partial charge in [-0.3, -0.25) is 0 Å². The number of alkyl halides is 3. The Hall–Kier alpha value is -2.69. The summed E-state index contributed by atoms with van der Waals surface area (Å²) in [4.78, 5) is 21.5. The number of carboxylic acid groups (broad SMARTS) is 1. The largest absolute Gasteiger partial charge is 0.476 e. The van der Waals surface area contributed by atoms with Crippen molar-refractivity contribution >= 4 is 11.8 Å². The van der Waals surface area contributed by atoms with Crippen molar-refractivity contribution in [3.05, 3.63) is 36.3 Å². The SMILES string of the molecule is Cn1ccnc1C(O)(CCNc1cnc(C(=O)O)cn1)C(F)(F)F. The molecule has 0 aliphatic carbocycles. The van der Waals surface area contributed by atoms with Crippen LogP contribution in [-0.4, -0.2) is 48.4 Å². The van der Waals surface area contributed by atoms with Crippen molar-refractivity contribution in [2.75, 3.05) is 11.9 Å². The number of nitrogens with one attached hydrogen (secondary N) is 1. The molecule has 0 bridgehead atoms. The van der Waals surface area contributed by atoms with Gasteiger partial charge in [-0.05, 0) is 0 Å². The van der Waals surface area contributed by atoms with Crippen molar-refractivity contribution < 1.29 is 28.2 Å². The fourth-order valence-electron chi connectivity index (χ4n) is 2.05. The molecule has 0 saturated heterocycles. The van der Waals surface area contributed by atoms with Gasteiger partial charge in [0, 0.05) is 32.4 Å². The first-order chi connectivity index (χ1) is 11.1. The fourth-order valence-corrected chi connectivity index (χ4v) is 2.05. The minimum Gasteiger partial charge on any atom is -0.476 e. The van der Waals surface area contributed by atoms with Crippen molar-refractivity contribution in [3.8, 4) is 0 Å². The molecule has 1 atom stereocenters. The number of aromatic nitrogens is 4. The zero-order chi connectivity index (χ0) is 18.0. The normalized spacial score (nSPS) is 14.2. The first-order valence-electron chi connectivity index (χ1n) is 6.71. The highest BCUT2D eigenvalue weighted by Crippen LogP contribution is 2.40. The zero-order valence-electron chi connectivity index (χ0n) is 12.4. The molecule has 0 aromatic carbocycles. The van der Waals surface area contributed by atoms with Gasteiger partial charge in [0.05, 0.1) is 12.4 Å². The van der Waals surface area contributed by atoms with Gasteiger partial charge in [0.2, 0.25) is 5.60 Å². The second-order valence-electron chi connectivity index (χ2n) is 4.99. The Kier molecular flexibility index (Phi) is 4.73. The molecule has 0 fully saturated rings. The summed E-state index contributed by atoms with van der Waals surface area (Å²) < 4.78 is 41.0. The molecule has 0 aliphatic rings. The van der Waals surface area contributed by atoms with E-state index < -0.39 is 30.0 Å². The van der Waals surface area contributed by atoms with Crippen LogP contribution in [0.2, 0.25) is 0 Å². The van der Waals surface area contributed by atoms with Crippen LogP contribution in [0.25, 0.3) is 0 Å². The Morgan fingerprint density at radius 1 is 1.29 bits per heavy atom. The molecular weight excluding hydrogens is 331 g/mol. The van der Waals surface area contributed by atoms with Crippen LogP contribution in [0.4, 0.5) is 19.0 Å². The van der Waals surface area contributed by atoms with Gasteiger partial charge in [-0.1, -0.05) is 0 Å². The predicted molar refractivity (Wildman–Crippen MR) is 75.3 cm³/mol. The maximum absolute atomic E-state index is 13.3. The quantitative estimate of drug-likeness (QED) is 0.720. The molecule has 8 nitrogen and oxygen atoms in total. The maximum Gasteiger partial charge on any atom is 0.424 e. The van der Waals surface area contributed by atoms with E-state index in [0.717, 1.165) is 23.2 Å². The molecule has 2 aromatic rings. The number of imidazole rings is 1. The molecule has 3 N–H and O–H groups in total. The highest BCUT2D eigenvalue weighted by Gasteiger charge is 2.57. The number of carbonyl (C=O) groups is 1. The maximum atomic E-state index is 13.3. The first-order valence-corrected chi connectivity index (χ1v) is 6.71. The van der Waals surface area contributed by atoms with E-state index in [1.54, 1.807) is 0 Å². The summed E-state index contributed by atoms with van der Waals surface area (Å²) in [5.74, 6) is -1.70. The molecule has 2 aromatic heterocycles. The molecule has 2 heterocycles. The average molecular weight is 345 g/mol. The molecule has 0 radical (unpaired) electrons. The van der Waals surface area contributed by atoms with E-state index in [1.807, 2.05) is 0 Å². The van der Waals surface area contributed by atoms with E-state index in [4.69, 9.17) is 5.11 Å². The van der Waals surface area contributed by atoms with Gasteiger partial charge in [0.15, 0.2) is 5.69 Å². The lowest BCUT2D eigenvalue weighted by atomic mass is 9.97. The lowest BCUT2D eigenvalue weighted by molar-refractivity contribution is -0.271. The van der Waals surface area contributed by atoms with Gasteiger partial charge in [0.1, 0.15) is 11.6 Å². The van der Waals surface area contributed by atoms with Crippen LogP contribution in [0.3, 0.4) is 0 Å². The van der Waals surface area contributed by atoms with Crippen molar-refractivity contribution in [1.82, 2.24) is 19.5 Å².